The van der Waals surface area contributed by atoms with E-state index in [1.54, 1.807) is 0 Å². The zero-order valence-electron chi connectivity index (χ0n) is 10.5. The van der Waals surface area contributed by atoms with Gasteiger partial charge in [0.15, 0.2) is 0 Å². The minimum atomic E-state index is 0.329. The van der Waals surface area contributed by atoms with Crippen molar-refractivity contribution in [2.24, 2.45) is 5.73 Å². The van der Waals surface area contributed by atoms with Gasteiger partial charge in [-0.15, -0.1) is 0 Å². The second kappa shape index (κ2) is 7.21. The molecule has 0 bridgehead atoms. The molecule has 0 aliphatic carbocycles. The lowest BCUT2D eigenvalue weighted by Crippen LogP contribution is -2.35. The predicted molar refractivity (Wildman–Crippen MR) is 63.3 cm³/mol. The van der Waals surface area contributed by atoms with Crippen LogP contribution in [0.5, 0.6) is 0 Å². The van der Waals surface area contributed by atoms with Gasteiger partial charge in [-0.25, -0.2) is 0 Å². The fourth-order valence-electron chi connectivity index (χ4n) is 1.97. The molecule has 14 heavy (non-hydrogen) atoms. The van der Waals surface area contributed by atoms with E-state index in [0.717, 1.165) is 19.6 Å². The van der Waals surface area contributed by atoms with Gasteiger partial charge in [-0.1, -0.05) is 20.8 Å². The Morgan fingerprint density at radius 3 is 2.43 bits per heavy atom. The van der Waals surface area contributed by atoms with E-state index in [0.29, 0.717) is 12.1 Å². The summed E-state index contributed by atoms with van der Waals surface area (Å²) >= 11 is 0. The molecule has 1 saturated heterocycles. The van der Waals surface area contributed by atoms with E-state index in [-0.39, 0.29) is 0 Å². The lowest BCUT2D eigenvalue weighted by Gasteiger charge is -2.22. The first-order valence-corrected chi connectivity index (χ1v) is 5.81. The largest absolute Gasteiger partial charge is 0.328 e. The van der Waals surface area contributed by atoms with E-state index >= 15 is 0 Å². The SMILES string of the molecule is CC.CCN1CN(C)CC1CC(C)N. The van der Waals surface area contributed by atoms with Crippen LogP contribution in [0, 0.1) is 0 Å². The van der Waals surface area contributed by atoms with Crippen molar-refractivity contribution in [2.45, 2.75) is 46.2 Å². The van der Waals surface area contributed by atoms with Crippen molar-refractivity contribution >= 4 is 0 Å². The number of rotatable bonds is 3. The highest BCUT2D eigenvalue weighted by Crippen LogP contribution is 2.14. The normalized spacial score (nSPS) is 25.7. The van der Waals surface area contributed by atoms with E-state index in [1.807, 2.05) is 13.8 Å². The third-order valence-corrected chi connectivity index (χ3v) is 2.51. The molecule has 0 amide bonds. The van der Waals surface area contributed by atoms with Gasteiger partial charge in [-0.05, 0) is 26.9 Å². The highest BCUT2D eigenvalue weighted by atomic mass is 15.4. The molecule has 3 heteroatoms. The van der Waals surface area contributed by atoms with Crippen molar-refractivity contribution in [2.75, 3.05) is 26.8 Å². The van der Waals surface area contributed by atoms with Crippen LogP contribution in [0.15, 0.2) is 0 Å². The maximum Gasteiger partial charge on any atom is 0.0507 e. The molecule has 0 saturated carbocycles. The van der Waals surface area contributed by atoms with Gasteiger partial charge in [0.05, 0.1) is 6.67 Å². The molecule has 1 rings (SSSR count). The van der Waals surface area contributed by atoms with Gasteiger partial charge in [-0.3, -0.25) is 9.80 Å². The van der Waals surface area contributed by atoms with Crippen molar-refractivity contribution in [3.8, 4) is 0 Å². The third kappa shape index (κ3) is 4.40. The minimum Gasteiger partial charge on any atom is -0.328 e. The van der Waals surface area contributed by atoms with Crippen LogP contribution in [-0.2, 0) is 0 Å². The highest BCUT2D eigenvalue weighted by molar-refractivity contribution is 4.82. The van der Waals surface area contributed by atoms with Crippen molar-refractivity contribution in [3.05, 3.63) is 0 Å². The van der Waals surface area contributed by atoms with Gasteiger partial charge in [0.25, 0.3) is 0 Å². The number of nitrogens with zero attached hydrogens (tertiary/aromatic N) is 2. The molecule has 1 fully saturated rings. The molecule has 0 radical (unpaired) electrons. The summed E-state index contributed by atoms with van der Waals surface area (Å²) in [5, 5.41) is 0. The monoisotopic (exact) mass is 201 g/mol. The fourth-order valence-corrected chi connectivity index (χ4v) is 1.97. The molecule has 3 nitrogen and oxygen atoms in total. The molecule has 2 unspecified atom stereocenters. The summed E-state index contributed by atoms with van der Waals surface area (Å²) in [6, 6.07) is 1.01. The van der Waals surface area contributed by atoms with Crippen LogP contribution in [0.1, 0.15) is 34.1 Å². The van der Waals surface area contributed by atoms with Gasteiger partial charge in [0.2, 0.25) is 0 Å². The molecule has 0 aromatic heterocycles. The van der Waals surface area contributed by atoms with Crippen LogP contribution in [0.3, 0.4) is 0 Å². The Morgan fingerprint density at radius 2 is 2.00 bits per heavy atom. The number of nitrogens with two attached hydrogens (primary N) is 1. The number of hydrogen-bond acceptors (Lipinski definition) is 3. The fraction of sp³-hybridized carbons (Fsp3) is 1.00. The van der Waals surface area contributed by atoms with Crippen LogP contribution >= 0.6 is 0 Å². The topological polar surface area (TPSA) is 32.5 Å². The lowest BCUT2D eigenvalue weighted by atomic mass is 10.1. The van der Waals surface area contributed by atoms with Gasteiger partial charge >= 0.3 is 0 Å². The Hall–Kier alpha value is -0.120. The Morgan fingerprint density at radius 1 is 1.43 bits per heavy atom. The van der Waals surface area contributed by atoms with Crippen molar-refractivity contribution < 1.29 is 0 Å². The summed E-state index contributed by atoms with van der Waals surface area (Å²) in [4.78, 5) is 4.85. The molecule has 2 atom stereocenters. The molecule has 0 spiro atoms. The zero-order valence-corrected chi connectivity index (χ0v) is 10.5. The minimum absolute atomic E-state index is 0.329. The van der Waals surface area contributed by atoms with Crippen LogP contribution in [0.2, 0.25) is 0 Å². The standard InChI is InChI=1S/C9H21N3.C2H6/c1-4-12-7-11(3)6-9(12)5-8(2)10;1-2/h8-9H,4-7,10H2,1-3H3;1-2H3. The Labute approximate surface area is 89.2 Å². The average molecular weight is 201 g/mol. The summed E-state index contributed by atoms with van der Waals surface area (Å²) in [5.74, 6) is 0. The van der Waals surface area contributed by atoms with Crippen LogP contribution in [0.4, 0.5) is 0 Å². The van der Waals surface area contributed by atoms with Crippen LogP contribution < -0.4 is 5.73 Å². The van der Waals surface area contributed by atoms with Crippen molar-refractivity contribution in [1.82, 2.24) is 9.80 Å². The maximum absolute atomic E-state index is 5.79. The summed E-state index contributed by atoms with van der Waals surface area (Å²) < 4.78 is 0. The van der Waals surface area contributed by atoms with E-state index in [4.69, 9.17) is 5.73 Å². The molecule has 1 aliphatic rings. The number of hydrogen-bond donors (Lipinski definition) is 1. The Bertz CT molecular complexity index is 136. The van der Waals surface area contributed by atoms with Crippen molar-refractivity contribution in [3.63, 3.8) is 0 Å². The van der Waals surface area contributed by atoms with E-state index < -0.39 is 0 Å². The summed E-state index contributed by atoms with van der Waals surface area (Å²) in [7, 11) is 2.17. The molecule has 1 heterocycles. The van der Waals surface area contributed by atoms with E-state index in [2.05, 4.69) is 30.7 Å². The second-order valence-electron chi connectivity index (χ2n) is 3.95. The first kappa shape index (κ1) is 13.9. The number of likely N-dealkylation sites (N-methyl/N-ethyl adjacent to an activating group) is 2. The summed E-state index contributed by atoms with van der Waals surface area (Å²) in [5.41, 5.74) is 5.79. The first-order valence-electron chi connectivity index (χ1n) is 5.81. The zero-order chi connectivity index (χ0) is 11.1. The lowest BCUT2D eigenvalue weighted by molar-refractivity contribution is 0.235. The van der Waals surface area contributed by atoms with Gasteiger partial charge in [0, 0.05) is 18.6 Å². The van der Waals surface area contributed by atoms with E-state index in [1.165, 1.54) is 6.54 Å². The van der Waals surface area contributed by atoms with E-state index in [9.17, 15) is 0 Å². The first-order chi connectivity index (χ1) is 6.63. The predicted octanol–water partition coefficient (Wildman–Crippen LogP) is 1.34. The maximum atomic E-state index is 5.79. The molecule has 86 valence electrons. The Balaban J connectivity index is 0.000000791. The Kier molecular flexibility index (Phi) is 7.15. The summed E-state index contributed by atoms with van der Waals surface area (Å²) in [6.45, 7) is 11.7. The van der Waals surface area contributed by atoms with Crippen LogP contribution in [-0.4, -0.2) is 48.7 Å². The second-order valence-corrected chi connectivity index (χ2v) is 3.95. The summed E-state index contributed by atoms with van der Waals surface area (Å²) in [6.07, 6.45) is 1.12. The van der Waals surface area contributed by atoms with Gasteiger partial charge < -0.3 is 5.73 Å². The molecular formula is C11H27N3. The quantitative estimate of drug-likeness (QED) is 0.748. The molecule has 2 N–H and O–H groups in total. The third-order valence-electron chi connectivity index (χ3n) is 2.51. The molecule has 0 aromatic rings. The molecule has 1 aliphatic heterocycles. The molecule has 0 aromatic carbocycles. The average Bonchev–Trinajstić information content (AvgIpc) is 2.48. The van der Waals surface area contributed by atoms with Crippen molar-refractivity contribution in [1.29, 1.82) is 0 Å². The highest BCUT2D eigenvalue weighted by Gasteiger charge is 2.26. The molecular weight excluding hydrogens is 174 g/mol. The smallest absolute Gasteiger partial charge is 0.0507 e. The van der Waals surface area contributed by atoms with Crippen LogP contribution in [0.25, 0.3) is 0 Å². The van der Waals surface area contributed by atoms with Gasteiger partial charge in [0.1, 0.15) is 0 Å². The van der Waals surface area contributed by atoms with Gasteiger partial charge in [-0.2, -0.15) is 0 Å².